The highest BCUT2D eigenvalue weighted by Gasteiger charge is 2.08. The first-order chi connectivity index (χ1) is 4.43. The van der Waals surface area contributed by atoms with Gasteiger partial charge in [0.2, 0.25) is 0 Å². The Hall–Kier alpha value is 0. The van der Waals surface area contributed by atoms with Crippen LogP contribution in [0.1, 0.15) is 45.4 Å². The fourth-order valence-corrected chi connectivity index (χ4v) is 1.57. The van der Waals surface area contributed by atoms with Crippen LogP contribution in [0, 0.1) is 12.3 Å². The van der Waals surface area contributed by atoms with Gasteiger partial charge in [-0.15, -0.1) is 0 Å². The van der Waals surface area contributed by atoms with E-state index in [0.717, 1.165) is 5.92 Å². The summed E-state index contributed by atoms with van der Waals surface area (Å²) in [5.74, 6) is 0.951. The number of rotatable bonds is 1. The van der Waals surface area contributed by atoms with Gasteiger partial charge in [0.1, 0.15) is 0 Å². The highest BCUT2D eigenvalue weighted by molar-refractivity contribution is 4.77. The van der Waals surface area contributed by atoms with Crippen LogP contribution in [-0.4, -0.2) is 0 Å². The molecule has 1 saturated carbocycles. The lowest BCUT2D eigenvalue weighted by molar-refractivity contribution is 0.528. The molecule has 0 aromatic carbocycles. The molecule has 1 aliphatic carbocycles. The fourth-order valence-electron chi connectivity index (χ4n) is 1.57. The second-order valence-electron chi connectivity index (χ2n) is 3.04. The van der Waals surface area contributed by atoms with E-state index in [2.05, 4.69) is 13.3 Å². The summed E-state index contributed by atoms with van der Waals surface area (Å²) in [5, 5.41) is 0. The Morgan fingerprint density at radius 1 is 1.33 bits per heavy atom. The molecule has 0 N–H and O–H groups in total. The minimum Gasteiger partial charge on any atom is -0.0651 e. The molecule has 1 radical (unpaired) electrons. The Morgan fingerprint density at radius 3 is 3.00 bits per heavy atom. The molecule has 1 atom stereocenters. The van der Waals surface area contributed by atoms with Crippen molar-refractivity contribution in [1.29, 1.82) is 0 Å². The van der Waals surface area contributed by atoms with Crippen molar-refractivity contribution in [3.05, 3.63) is 6.42 Å². The average molecular weight is 125 g/mol. The summed E-state index contributed by atoms with van der Waals surface area (Å²) in [4.78, 5) is 0. The van der Waals surface area contributed by atoms with Crippen LogP contribution < -0.4 is 0 Å². The number of hydrogen-bond acceptors (Lipinski definition) is 0. The van der Waals surface area contributed by atoms with E-state index in [9.17, 15) is 0 Å². The van der Waals surface area contributed by atoms with Gasteiger partial charge in [-0.05, 0) is 18.8 Å². The summed E-state index contributed by atoms with van der Waals surface area (Å²) in [6.07, 6.45) is 11.1. The van der Waals surface area contributed by atoms with E-state index in [1.807, 2.05) is 0 Å². The molecule has 0 heteroatoms. The van der Waals surface area contributed by atoms with E-state index in [4.69, 9.17) is 0 Å². The van der Waals surface area contributed by atoms with Crippen LogP contribution in [0.5, 0.6) is 0 Å². The molecule has 0 saturated heterocycles. The summed E-state index contributed by atoms with van der Waals surface area (Å²) in [7, 11) is 0. The normalized spacial score (nSPS) is 23.7. The zero-order valence-corrected chi connectivity index (χ0v) is 6.40. The molecule has 9 heavy (non-hydrogen) atoms. The standard InChI is InChI=1S/C9H17/c1-2-9-7-5-3-4-6-8-9/h7,9H,2-6,8H2,1H3. The van der Waals surface area contributed by atoms with Gasteiger partial charge >= 0.3 is 0 Å². The van der Waals surface area contributed by atoms with Gasteiger partial charge in [0.25, 0.3) is 0 Å². The molecule has 0 spiro atoms. The van der Waals surface area contributed by atoms with Crippen molar-refractivity contribution < 1.29 is 0 Å². The van der Waals surface area contributed by atoms with Crippen molar-refractivity contribution in [2.45, 2.75) is 45.4 Å². The maximum Gasteiger partial charge on any atom is -0.0355 e. The predicted molar refractivity (Wildman–Crippen MR) is 41.2 cm³/mol. The van der Waals surface area contributed by atoms with E-state index in [1.165, 1.54) is 38.5 Å². The first-order valence-corrected chi connectivity index (χ1v) is 4.27. The lowest BCUT2D eigenvalue weighted by Gasteiger charge is -2.08. The van der Waals surface area contributed by atoms with E-state index in [-0.39, 0.29) is 0 Å². The molecular weight excluding hydrogens is 108 g/mol. The topological polar surface area (TPSA) is 0 Å². The van der Waals surface area contributed by atoms with Crippen LogP contribution >= 0.6 is 0 Å². The molecule has 0 aromatic rings. The molecule has 1 aliphatic rings. The summed E-state index contributed by atoms with van der Waals surface area (Å²) in [5.41, 5.74) is 0. The molecule has 0 aromatic heterocycles. The maximum absolute atomic E-state index is 2.52. The monoisotopic (exact) mass is 125 g/mol. The van der Waals surface area contributed by atoms with Crippen LogP contribution in [0.2, 0.25) is 0 Å². The van der Waals surface area contributed by atoms with Crippen molar-refractivity contribution in [2.24, 2.45) is 5.92 Å². The third kappa shape index (κ3) is 2.38. The van der Waals surface area contributed by atoms with Gasteiger partial charge in [-0.2, -0.15) is 0 Å². The molecule has 0 bridgehead atoms. The maximum atomic E-state index is 2.52. The van der Waals surface area contributed by atoms with Gasteiger partial charge in [0.15, 0.2) is 0 Å². The minimum atomic E-state index is 0.951. The van der Waals surface area contributed by atoms with Crippen LogP contribution in [0.15, 0.2) is 0 Å². The Morgan fingerprint density at radius 2 is 2.22 bits per heavy atom. The Balaban J connectivity index is 2.18. The third-order valence-corrected chi connectivity index (χ3v) is 2.30. The quantitative estimate of drug-likeness (QED) is 0.472. The largest absolute Gasteiger partial charge is 0.0651 e. The highest BCUT2D eigenvalue weighted by atomic mass is 14.1. The first-order valence-electron chi connectivity index (χ1n) is 4.27. The van der Waals surface area contributed by atoms with Gasteiger partial charge in [-0.25, -0.2) is 0 Å². The molecule has 1 rings (SSSR count). The van der Waals surface area contributed by atoms with Gasteiger partial charge < -0.3 is 0 Å². The van der Waals surface area contributed by atoms with Crippen molar-refractivity contribution in [3.63, 3.8) is 0 Å². The molecule has 1 fully saturated rings. The summed E-state index contributed by atoms with van der Waals surface area (Å²) in [6.45, 7) is 2.30. The van der Waals surface area contributed by atoms with Crippen molar-refractivity contribution >= 4 is 0 Å². The van der Waals surface area contributed by atoms with Gasteiger partial charge in [-0.3, -0.25) is 0 Å². The van der Waals surface area contributed by atoms with E-state index in [0.29, 0.717) is 0 Å². The lowest BCUT2D eigenvalue weighted by atomic mass is 9.98. The summed E-state index contributed by atoms with van der Waals surface area (Å²) >= 11 is 0. The Bertz CT molecular complexity index is 58.4. The highest BCUT2D eigenvalue weighted by Crippen LogP contribution is 2.23. The molecule has 1 unspecified atom stereocenters. The van der Waals surface area contributed by atoms with Crippen molar-refractivity contribution in [2.75, 3.05) is 0 Å². The molecular formula is C9H17. The van der Waals surface area contributed by atoms with Crippen LogP contribution in [-0.2, 0) is 0 Å². The fraction of sp³-hybridized carbons (Fsp3) is 0.889. The second-order valence-corrected chi connectivity index (χ2v) is 3.04. The summed E-state index contributed by atoms with van der Waals surface area (Å²) in [6, 6.07) is 0. The van der Waals surface area contributed by atoms with Crippen LogP contribution in [0.4, 0.5) is 0 Å². The van der Waals surface area contributed by atoms with Crippen LogP contribution in [0.3, 0.4) is 0 Å². The Labute approximate surface area is 58.7 Å². The van der Waals surface area contributed by atoms with Gasteiger partial charge in [0.05, 0.1) is 0 Å². The van der Waals surface area contributed by atoms with E-state index < -0.39 is 0 Å². The smallest absolute Gasteiger partial charge is 0.0355 e. The van der Waals surface area contributed by atoms with Crippen molar-refractivity contribution in [1.82, 2.24) is 0 Å². The SMILES string of the molecule is CCC1[CH]CCCCC1. The van der Waals surface area contributed by atoms with E-state index in [1.54, 1.807) is 0 Å². The lowest BCUT2D eigenvalue weighted by Crippen LogP contribution is -1.95. The molecule has 53 valence electrons. The molecule has 0 nitrogen and oxygen atoms in total. The zero-order chi connectivity index (χ0) is 6.53. The average Bonchev–Trinajstić information content (AvgIpc) is 2.13. The second kappa shape index (κ2) is 3.92. The third-order valence-electron chi connectivity index (χ3n) is 2.30. The predicted octanol–water partition coefficient (Wildman–Crippen LogP) is 3.18. The minimum absolute atomic E-state index is 0.951. The van der Waals surface area contributed by atoms with E-state index >= 15 is 0 Å². The zero-order valence-electron chi connectivity index (χ0n) is 6.40. The Kier molecular flexibility index (Phi) is 3.10. The van der Waals surface area contributed by atoms with Crippen molar-refractivity contribution in [3.8, 4) is 0 Å². The van der Waals surface area contributed by atoms with Gasteiger partial charge in [-0.1, -0.05) is 39.0 Å². The first kappa shape index (κ1) is 7.11. The molecule has 0 amide bonds. The summed E-state index contributed by atoms with van der Waals surface area (Å²) < 4.78 is 0. The molecule has 0 aliphatic heterocycles. The van der Waals surface area contributed by atoms with Crippen LogP contribution in [0.25, 0.3) is 0 Å². The molecule has 0 heterocycles. The number of hydrogen-bond donors (Lipinski definition) is 0. The van der Waals surface area contributed by atoms with Gasteiger partial charge in [0, 0.05) is 0 Å².